The van der Waals surface area contributed by atoms with Crippen LogP contribution >= 0.6 is 0 Å². The molecule has 14 heavy (non-hydrogen) atoms. The number of benzene rings is 1. The Labute approximate surface area is 83.8 Å². The average Bonchev–Trinajstić information content (AvgIpc) is 2.27. The molecule has 1 atom stereocenters. The van der Waals surface area contributed by atoms with Crippen LogP contribution in [0.25, 0.3) is 10.8 Å². The van der Waals surface area contributed by atoms with Gasteiger partial charge in [0.2, 0.25) is 0 Å². The second-order valence-electron chi connectivity index (χ2n) is 3.59. The molecule has 0 amide bonds. The van der Waals surface area contributed by atoms with Crippen molar-refractivity contribution in [2.45, 2.75) is 12.8 Å². The summed E-state index contributed by atoms with van der Waals surface area (Å²) >= 11 is 0. The molecule has 72 valence electrons. The molecule has 2 nitrogen and oxygen atoms in total. The van der Waals surface area contributed by atoms with E-state index < -0.39 is 0 Å². The van der Waals surface area contributed by atoms with Gasteiger partial charge in [-0.05, 0) is 23.4 Å². The monoisotopic (exact) mass is 186 g/mol. The van der Waals surface area contributed by atoms with Gasteiger partial charge in [0.05, 0.1) is 0 Å². The van der Waals surface area contributed by atoms with Crippen LogP contribution in [-0.4, -0.2) is 11.5 Å². The summed E-state index contributed by atoms with van der Waals surface area (Å²) in [4.78, 5) is 4.23. The maximum absolute atomic E-state index is 5.67. The lowest BCUT2D eigenvalue weighted by Crippen LogP contribution is -2.09. The predicted octanol–water partition coefficient (Wildman–Crippen LogP) is 2.30. The molecular formula is C12H14N2. The molecule has 0 aliphatic carbocycles. The summed E-state index contributed by atoms with van der Waals surface area (Å²) in [6.45, 7) is 2.79. The molecule has 0 radical (unpaired) electrons. The zero-order valence-corrected chi connectivity index (χ0v) is 8.27. The normalized spacial score (nSPS) is 13.0. The summed E-state index contributed by atoms with van der Waals surface area (Å²) in [6.07, 6.45) is 3.81. The van der Waals surface area contributed by atoms with Gasteiger partial charge in [0, 0.05) is 17.8 Å². The maximum Gasteiger partial charge on any atom is 0.0346 e. The van der Waals surface area contributed by atoms with Gasteiger partial charge >= 0.3 is 0 Å². The molecule has 0 spiro atoms. The molecule has 0 saturated heterocycles. The number of nitrogens with zero attached hydrogens (tertiary/aromatic N) is 1. The predicted molar refractivity (Wildman–Crippen MR) is 59.2 cm³/mol. The molecular weight excluding hydrogens is 172 g/mol. The highest BCUT2D eigenvalue weighted by atomic mass is 14.6. The van der Waals surface area contributed by atoms with Crippen molar-refractivity contribution in [1.82, 2.24) is 4.98 Å². The van der Waals surface area contributed by atoms with E-state index >= 15 is 0 Å². The first-order valence-corrected chi connectivity index (χ1v) is 4.85. The topological polar surface area (TPSA) is 38.9 Å². The van der Waals surface area contributed by atoms with Crippen LogP contribution in [0, 0.1) is 0 Å². The van der Waals surface area contributed by atoms with Crippen LogP contribution in [0.3, 0.4) is 0 Å². The first kappa shape index (κ1) is 9.16. The highest BCUT2D eigenvalue weighted by Gasteiger charge is 2.07. The number of hydrogen-bond donors (Lipinski definition) is 1. The van der Waals surface area contributed by atoms with Crippen molar-refractivity contribution in [1.29, 1.82) is 0 Å². The van der Waals surface area contributed by atoms with Gasteiger partial charge in [0.25, 0.3) is 0 Å². The third-order valence-electron chi connectivity index (χ3n) is 2.58. The molecule has 0 saturated carbocycles. The van der Waals surface area contributed by atoms with E-state index in [9.17, 15) is 0 Å². The minimum Gasteiger partial charge on any atom is -0.330 e. The third kappa shape index (κ3) is 1.49. The SMILES string of the molecule is CC(CN)c1cncc2ccccc12. The summed E-state index contributed by atoms with van der Waals surface area (Å²) in [5.74, 6) is 0.369. The molecule has 0 bridgehead atoms. The van der Waals surface area contributed by atoms with Crippen LogP contribution in [0.1, 0.15) is 18.4 Å². The lowest BCUT2D eigenvalue weighted by Gasteiger charge is -2.11. The van der Waals surface area contributed by atoms with Crippen LogP contribution in [0.15, 0.2) is 36.7 Å². The van der Waals surface area contributed by atoms with Crippen molar-refractivity contribution < 1.29 is 0 Å². The fraction of sp³-hybridized carbons (Fsp3) is 0.250. The lowest BCUT2D eigenvalue weighted by atomic mass is 9.97. The standard InChI is InChI=1S/C12H14N2/c1-9(6-13)12-8-14-7-10-4-2-3-5-11(10)12/h2-5,7-9H,6,13H2,1H3. The molecule has 2 N–H and O–H groups in total. The van der Waals surface area contributed by atoms with Crippen LogP contribution < -0.4 is 5.73 Å². The number of hydrogen-bond acceptors (Lipinski definition) is 2. The first-order chi connectivity index (χ1) is 6.83. The summed E-state index contributed by atoms with van der Waals surface area (Å²) in [5, 5.41) is 2.45. The molecule has 1 heterocycles. The molecule has 1 aromatic heterocycles. The number of fused-ring (bicyclic) bond motifs is 1. The van der Waals surface area contributed by atoms with E-state index in [-0.39, 0.29) is 0 Å². The largest absolute Gasteiger partial charge is 0.330 e. The van der Waals surface area contributed by atoms with Crippen LogP contribution in [0.4, 0.5) is 0 Å². The summed E-state index contributed by atoms with van der Waals surface area (Å²) < 4.78 is 0. The van der Waals surface area contributed by atoms with Crippen molar-refractivity contribution >= 4 is 10.8 Å². The maximum atomic E-state index is 5.67. The Hall–Kier alpha value is -1.41. The molecule has 0 fully saturated rings. The highest BCUT2D eigenvalue weighted by Crippen LogP contribution is 2.23. The first-order valence-electron chi connectivity index (χ1n) is 4.85. The Bertz CT molecular complexity index is 432. The van der Waals surface area contributed by atoms with Crippen molar-refractivity contribution in [2.75, 3.05) is 6.54 Å². The second-order valence-corrected chi connectivity index (χ2v) is 3.59. The molecule has 1 aromatic carbocycles. The van der Waals surface area contributed by atoms with Crippen molar-refractivity contribution in [3.63, 3.8) is 0 Å². The van der Waals surface area contributed by atoms with Gasteiger partial charge in [0.15, 0.2) is 0 Å². The Balaban J connectivity index is 2.65. The van der Waals surface area contributed by atoms with Gasteiger partial charge < -0.3 is 5.73 Å². The number of nitrogens with two attached hydrogens (primary N) is 1. The smallest absolute Gasteiger partial charge is 0.0346 e. The Morgan fingerprint density at radius 2 is 2.07 bits per heavy atom. The summed E-state index contributed by atoms with van der Waals surface area (Å²) in [6, 6.07) is 8.28. The van der Waals surface area contributed by atoms with Crippen molar-refractivity contribution in [3.8, 4) is 0 Å². The van der Waals surface area contributed by atoms with Gasteiger partial charge in [-0.1, -0.05) is 31.2 Å². The van der Waals surface area contributed by atoms with Gasteiger partial charge in [-0.2, -0.15) is 0 Å². The van der Waals surface area contributed by atoms with Crippen LogP contribution in [0.2, 0.25) is 0 Å². The van der Waals surface area contributed by atoms with E-state index in [1.807, 2.05) is 18.5 Å². The highest BCUT2D eigenvalue weighted by molar-refractivity contribution is 5.85. The molecule has 2 rings (SSSR count). The zero-order chi connectivity index (χ0) is 9.97. The number of aromatic nitrogens is 1. The van der Waals surface area contributed by atoms with Crippen molar-refractivity contribution in [2.24, 2.45) is 5.73 Å². The Morgan fingerprint density at radius 3 is 2.86 bits per heavy atom. The van der Waals surface area contributed by atoms with E-state index in [4.69, 9.17) is 5.73 Å². The fourth-order valence-electron chi connectivity index (χ4n) is 1.66. The van der Waals surface area contributed by atoms with E-state index in [1.165, 1.54) is 16.3 Å². The molecule has 1 unspecified atom stereocenters. The molecule has 2 heteroatoms. The van der Waals surface area contributed by atoms with E-state index in [2.05, 4.69) is 30.1 Å². The van der Waals surface area contributed by atoms with Gasteiger partial charge in [0.1, 0.15) is 0 Å². The summed E-state index contributed by atoms with van der Waals surface area (Å²) in [7, 11) is 0. The summed E-state index contributed by atoms with van der Waals surface area (Å²) in [5.41, 5.74) is 6.91. The molecule has 2 aromatic rings. The van der Waals surface area contributed by atoms with E-state index in [0.717, 1.165) is 0 Å². The Morgan fingerprint density at radius 1 is 1.29 bits per heavy atom. The van der Waals surface area contributed by atoms with Gasteiger partial charge in [-0.15, -0.1) is 0 Å². The molecule has 0 aliphatic rings. The van der Waals surface area contributed by atoms with Crippen molar-refractivity contribution in [3.05, 3.63) is 42.2 Å². The van der Waals surface area contributed by atoms with Crippen LogP contribution in [-0.2, 0) is 0 Å². The van der Waals surface area contributed by atoms with E-state index in [0.29, 0.717) is 12.5 Å². The number of pyridine rings is 1. The second kappa shape index (κ2) is 3.76. The minimum atomic E-state index is 0.369. The fourth-order valence-corrected chi connectivity index (χ4v) is 1.66. The number of rotatable bonds is 2. The van der Waals surface area contributed by atoms with E-state index in [1.54, 1.807) is 0 Å². The lowest BCUT2D eigenvalue weighted by molar-refractivity contribution is 0.776. The van der Waals surface area contributed by atoms with Gasteiger partial charge in [-0.25, -0.2) is 0 Å². The Kier molecular flexibility index (Phi) is 2.46. The third-order valence-corrected chi connectivity index (χ3v) is 2.58. The quantitative estimate of drug-likeness (QED) is 0.781. The van der Waals surface area contributed by atoms with Gasteiger partial charge in [-0.3, -0.25) is 4.98 Å². The zero-order valence-electron chi connectivity index (χ0n) is 8.27. The molecule has 0 aliphatic heterocycles. The minimum absolute atomic E-state index is 0.369. The van der Waals surface area contributed by atoms with Crippen LogP contribution in [0.5, 0.6) is 0 Å². The average molecular weight is 186 g/mol.